The van der Waals surface area contributed by atoms with E-state index in [4.69, 9.17) is 14.2 Å². The normalized spacial score (nSPS) is 10.5. The molecule has 0 aliphatic carbocycles. The molecule has 1 aromatic heterocycles. The third kappa shape index (κ3) is 4.73. The second-order valence-electron chi connectivity index (χ2n) is 5.38. The number of rotatable bonds is 9. The Morgan fingerprint density at radius 1 is 1.19 bits per heavy atom. The van der Waals surface area contributed by atoms with Crippen molar-refractivity contribution in [3.63, 3.8) is 0 Å². The van der Waals surface area contributed by atoms with Crippen molar-refractivity contribution >= 4 is 11.5 Å². The topological polar surface area (TPSA) is 114 Å². The number of carbonyl (C=O) groups excluding carboxylic acids is 1. The van der Waals surface area contributed by atoms with Gasteiger partial charge < -0.3 is 14.2 Å². The molecule has 0 spiro atoms. The maximum Gasteiger partial charge on any atom is 0.286 e. The lowest BCUT2D eigenvalue weighted by Gasteiger charge is -2.09. The summed E-state index contributed by atoms with van der Waals surface area (Å²) in [6.07, 6.45) is 0.687. The highest BCUT2D eigenvalue weighted by molar-refractivity contribution is 6.09. The molecule has 2 aromatic rings. The largest absolute Gasteiger partial charge is 0.481 e. The molecule has 1 aromatic carbocycles. The quantitative estimate of drug-likeness (QED) is 0.283. The average Bonchev–Trinajstić information content (AvgIpc) is 2.66. The first-order valence-corrected chi connectivity index (χ1v) is 7.97. The number of nitrogens with zero attached hydrogens (tertiary/aromatic N) is 3. The zero-order valence-corrected chi connectivity index (χ0v) is 15.0. The van der Waals surface area contributed by atoms with Crippen molar-refractivity contribution in [1.29, 1.82) is 0 Å². The summed E-state index contributed by atoms with van der Waals surface area (Å²) in [6.45, 7) is 2.00. The van der Waals surface area contributed by atoms with Crippen molar-refractivity contribution in [2.75, 3.05) is 20.8 Å². The van der Waals surface area contributed by atoms with E-state index in [1.54, 1.807) is 0 Å². The molecule has 0 bridgehead atoms. The Hall–Kier alpha value is -3.14. The minimum atomic E-state index is -0.935. The molecular formula is C17H18FN3O6. The van der Waals surface area contributed by atoms with Gasteiger partial charge in [-0.05, 0) is 18.6 Å². The molecule has 0 aliphatic heterocycles. The fourth-order valence-electron chi connectivity index (χ4n) is 2.32. The summed E-state index contributed by atoms with van der Waals surface area (Å²) < 4.78 is 29.2. The van der Waals surface area contributed by atoms with Gasteiger partial charge in [0.05, 0.1) is 37.4 Å². The maximum absolute atomic E-state index is 14.0. The monoisotopic (exact) mass is 379 g/mol. The molecule has 10 heteroatoms. The van der Waals surface area contributed by atoms with Crippen LogP contribution in [0, 0.1) is 15.9 Å². The molecule has 0 radical (unpaired) electrons. The summed E-state index contributed by atoms with van der Waals surface area (Å²) in [5.41, 5.74) is -1.08. The minimum Gasteiger partial charge on any atom is -0.481 e. The third-order valence-corrected chi connectivity index (χ3v) is 3.49. The Balaban J connectivity index is 2.56. The molecule has 0 N–H and O–H groups in total. The van der Waals surface area contributed by atoms with E-state index in [1.165, 1.54) is 20.3 Å². The van der Waals surface area contributed by atoms with Crippen LogP contribution in [-0.4, -0.2) is 41.5 Å². The summed E-state index contributed by atoms with van der Waals surface area (Å²) in [4.78, 5) is 31.3. The fourth-order valence-corrected chi connectivity index (χ4v) is 2.32. The van der Waals surface area contributed by atoms with E-state index in [2.05, 4.69) is 9.97 Å². The van der Waals surface area contributed by atoms with Crippen LogP contribution < -0.4 is 9.47 Å². The maximum atomic E-state index is 14.0. The van der Waals surface area contributed by atoms with Gasteiger partial charge in [-0.25, -0.2) is 4.39 Å². The van der Waals surface area contributed by atoms with Crippen molar-refractivity contribution in [2.24, 2.45) is 0 Å². The van der Waals surface area contributed by atoms with E-state index < -0.39 is 33.6 Å². The Morgan fingerprint density at radius 2 is 1.81 bits per heavy atom. The van der Waals surface area contributed by atoms with Gasteiger partial charge in [0.25, 0.3) is 5.69 Å². The Labute approximate surface area is 154 Å². The molecule has 144 valence electrons. The van der Waals surface area contributed by atoms with Crippen molar-refractivity contribution < 1.29 is 28.3 Å². The molecule has 1 heterocycles. The summed E-state index contributed by atoms with van der Waals surface area (Å²) in [7, 11) is 2.65. The second-order valence-corrected chi connectivity index (χ2v) is 5.38. The predicted molar refractivity (Wildman–Crippen MR) is 91.6 cm³/mol. The highest BCUT2D eigenvalue weighted by atomic mass is 19.1. The van der Waals surface area contributed by atoms with Crippen LogP contribution in [0.3, 0.4) is 0 Å². The number of benzene rings is 1. The highest BCUT2D eigenvalue weighted by Gasteiger charge is 2.29. The zero-order valence-electron chi connectivity index (χ0n) is 15.0. The van der Waals surface area contributed by atoms with E-state index >= 15 is 0 Å². The van der Waals surface area contributed by atoms with Gasteiger partial charge in [-0.3, -0.25) is 14.9 Å². The van der Waals surface area contributed by atoms with Crippen molar-refractivity contribution in [3.8, 4) is 11.8 Å². The lowest BCUT2D eigenvalue weighted by atomic mass is 10.0. The summed E-state index contributed by atoms with van der Waals surface area (Å²) >= 11 is 0. The van der Waals surface area contributed by atoms with Crippen LogP contribution in [0.1, 0.15) is 35.1 Å². The van der Waals surface area contributed by atoms with Gasteiger partial charge in [0.1, 0.15) is 11.4 Å². The van der Waals surface area contributed by atoms with E-state index in [0.29, 0.717) is 13.0 Å². The van der Waals surface area contributed by atoms with Crippen LogP contribution >= 0.6 is 0 Å². The number of aromatic nitrogens is 2. The molecule has 2 rings (SSSR count). The van der Waals surface area contributed by atoms with Gasteiger partial charge in [-0.2, -0.15) is 9.97 Å². The van der Waals surface area contributed by atoms with Crippen molar-refractivity contribution in [1.82, 2.24) is 9.97 Å². The Morgan fingerprint density at radius 3 is 2.33 bits per heavy atom. The van der Waals surface area contributed by atoms with Crippen molar-refractivity contribution in [2.45, 2.75) is 20.0 Å². The lowest BCUT2D eigenvalue weighted by molar-refractivity contribution is -0.386. The third-order valence-electron chi connectivity index (χ3n) is 3.49. The predicted octanol–water partition coefficient (Wildman–Crippen LogP) is 2.70. The number of hydrogen-bond acceptors (Lipinski definition) is 8. The molecule has 27 heavy (non-hydrogen) atoms. The van der Waals surface area contributed by atoms with Gasteiger partial charge in [-0.1, -0.05) is 6.92 Å². The number of nitro benzene ring substituents is 1. The fraction of sp³-hybridized carbons (Fsp3) is 0.353. The molecule has 9 nitrogen and oxygen atoms in total. The lowest BCUT2D eigenvalue weighted by Crippen LogP contribution is -2.13. The van der Waals surface area contributed by atoms with E-state index in [-0.39, 0.29) is 23.9 Å². The smallest absolute Gasteiger partial charge is 0.286 e. The Kier molecular flexibility index (Phi) is 6.72. The Bertz CT molecular complexity index is 837. The number of halogens is 1. The van der Waals surface area contributed by atoms with Crippen LogP contribution in [0.25, 0.3) is 0 Å². The molecular weight excluding hydrogens is 361 g/mol. The van der Waals surface area contributed by atoms with Gasteiger partial charge in [0.15, 0.2) is 0 Å². The van der Waals surface area contributed by atoms with Crippen LogP contribution in [0.2, 0.25) is 0 Å². The van der Waals surface area contributed by atoms with Crippen LogP contribution in [0.4, 0.5) is 10.1 Å². The molecule has 0 saturated heterocycles. The molecule has 0 saturated carbocycles. The number of nitro groups is 1. The average molecular weight is 379 g/mol. The van der Waals surface area contributed by atoms with E-state index in [0.717, 1.165) is 12.1 Å². The van der Waals surface area contributed by atoms with E-state index in [1.807, 2.05) is 6.92 Å². The van der Waals surface area contributed by atoms with Gasteiger partial charge in [0.2, 0.25) is 23.4 Å². The SMILES string of the molecule is CCCOCc1cc(F)cc(C(=O)c2nc(OC)cc(OC)n2)c1[N+](=O)[O-]. The summed E-state index contributed by atoms with van der Waals surface area (Å²) in [6, 6.07) is 3.08. The van der Waals surface area contributed by atoms with E-state index in [9.17, 15) is 19.3 Å². The van der Waals surface area contributed by atoms with Gasteiger partial charge >= 0.3 is 0 Å². The highest BCUT2D eigenvalue weighted by Crippen LogP contribution is 2.29. The van der Waals surface area contributed by atoms with Crippen LogP contribution in [0.5, 0.6) is 11.8 Å². The summed E-state index contributed by atoms with van der Waals surface area (Å²) in [5.74, 6) is -2.11. The second kappa shape index (κ2) is 8.99. The van der Waals surface area contributed by atoms with Crippen LogP contribution in [-0.2, 0) is 11.3 Å². The molecule has 0 fully saturated rings. The molecule has 0 unspecified atom stereocenters. The molecule has 0 atom stereocenters. The minimum absolute atomic E-state index is 0.0239. The molecule has 0 aliphatic rings. The number of carbonyl (C=O) groups is 1. The first kappa shape index (κ1) is 20.2. The first-order valence-electron chi connectivity index (χ1n) is 7.97. The number of methoxy groups -OCH3 is 2. The summed E-state index contributed by atoms with van der Waals surface area (Å²) in [5, 5.41) is 11.6. The standard InChI is InChI=1S/C17H18FN3O6/c1-4-5-27-9-10-6-11(18)7-12(15(10)21(23)24)16(22)17-19-13(25-2)8-14(20-17)26-3/h6-8H,4-5,9H2,1-3H3. The zero-order chi connectivity index (χ0) is 20.0. The van der Waals surface area contributed by atoms with Gasteiger partial charge in [-0.15, -0.1) is 0 Å². The number of ketones is 1. The molecule has 0 amide bonds. The van der Waals surface area contributed by atoms with Crippen LogP contribution in [0.15, 0.2) is 18.2 Å². The van der Waals surface area contributed by atoms with Crippen molar-refractivity contribution in [3.05, 3.63) is 51.1 Å². The first-order chi connectivity index (χ1) is 12.9. The number of hydrogen-bond donors (Lipinski definition) is 0. The van der Waals surface area contributed by atoms with Gasteiger partial charge in [0, 0.05) is 6.61 Å². The number of ether oxygens (including phenoxy) is 3.